The molecular weight excluding hydrogens is 274 g/mol. The van der Waals surface area contributed by atoms with Crippen molar-refractivity contribution in [3.05, 3.63) is 48.3 Å². The van der Waals surface area contributed by atoms with E-state index in [0.29, 0.717) is 23.9 Å². The number of aromatic carboxylic acids is 1. The summed E-state index contributed by atoms with van der Waals surface area (Å²) in [6, 6.07) is 8.71. The fraction of sp³-hybridized carbons (Fsp3) is 0.200. The van der Waals surface area contributed by atoms with Crippen molar-refractivity contribution in [3.63, 3.8) is 0 Å². The Morgan fingerprint density at radius 3 is 2.57 bits per heavy atom. The average Bonchev–Trinajstić information content (AvgIpc) is 2.52. The fourth-order valence-corrected chi connectivity index (χ4v) is 1.66. The average molecular weight is 289 g/mol. The second-order valence-corrected chi connectivity index (χ2v) is 4.06. The number of hydrogen-bond donors (Lipinski definition) is 1. The molecule has 0 atom stereocenters. The van der Waals surface area contributed by atoms with Crippen molar-refractivity contribution >= 4 is 5.97 Å². The number of pyridine rings is 1. The molecule has 1 heterocycles. The molecular formula is C15H15NO5. The molecule has 21 heavy (non-hydrogen) atoms. The molecule has 110 valence electrons. The van der Waals surface area contributed by atoms with E-state index in [1.807, 2.05) is 12.1 Å². The Balaban J connectivity index is 1.85. The molecule has 0 aliphatic rings. The highest BCUT2D eigenvalue weighted by atomic mass is 16.5. The molecule has 0 spiro atoms. The van der Waals surface area contributed by atoms with Crippen LogP contribution in [0.5, 0.6) is 17.2 Å². The highest BCUT2D eigenvalue weighted by molar-refractivity contribution is 5.87. The van der Waals surface area contributed by atoms with Gasteiger partial charge in [0.05, 0.1) is 18.9 Å². The molecule has 0 bridgehead atoms. The lowest BCUT2D eigenvalue weighted by molar-refractivity contribution is 0.0696. The van der Waals surface area contributed by atoms with Gasteiger partial charge in [0.15, 0.2) is 11.5 Å². The van der Waals surface area contributed by atoms with Crippen LogP contribution in [0.1, 0.15) is 10.4 Å². The van der Waals surface area contributed by atoms with Crippen molar-refractivity contribution in [2.45, 2.75) is 0 Å². The molecule has 0 amide bonds. The first-order chi connectivity index (χ1) is 10.2. The minimum absolute atomic E-state index is 0.0816. The maximum absolute atomic E-state index is 10.8. The van der Waals surface area contributed by atoms with Gasteiger partial charge in [0.25, 0.3) is 0 Å². The maximum Gasteiger partial charge on any atom is 0.337 e. The quantitative estimate of drug-likeness (QED) is 0.788. The SMILES string of the molecule is COc1ccccc1OCCOc1cncc(C(=O)O)c1. The van der Waals surface area contributed by atoms with Gasteiger partial charge in [-0.2, -0.15) is 0 Å². The number of para-hydroxylation sites is 2. The summed E-state index contributed by atoms with van der Waals surface area (Å²) in [5.74, 6) is 0.616. The maximum atomic E-state index is 10.8. The van der Waals surface area contributed by atoms with E-state index in [0.717, 1.165) is 0 Å². The van der Waals surface area contributed by atoms with E-state index in [1.165, 1.54) is 18.5 Å². The Bertz CT molecular complexity index is 615. The van der Waals surface area contributed by atoms with E-state index in [-0.39, 0.29) is 12.2 Å². The Kier molecular flexibility index (Phi) is 4.98. The van der Waals surface area contributed by atoms with E-state index >= 15 is 0 Å². The van der Waals surface area contributed by atoms with Gasteiger partial charge in [-0.3, -0.25) is 4.98 Å². The zero-order valence-corrected chi connectivity index (χ0v) is 11.5. The predicted molar refractivity (Wildman–Crippen MR) is 75.2 cm³/mol. The monoisotopic (exact) mass is 289 g/mol. The lowest BCUT2D eigenvalue weighted by Gasteiger charge is -2.11. The third-order valence-corrected chi connectivity index (χ3v) is 2.64. The highest BCUT2D eigenvalue weighted by Gasteiger charge is 2.05. The minimum Gasteiger partial charge on any atom is -0.493 e. The van der Waals surface area contributed by atoms with Gasteiger partial charge in [0.1, 0.15) is 19.0 Å². The van der Waals surface area contributed by atoms with E-state index < -0.39 is 5.97 Å². The number of carboxylic acid groups (broad SMARTS) is 1. The number of hydrogen-bond acceptors (Lipinski definition) is 5. The van der Waals surface area contributed by atoms with Gasteiger partial charge in [0.2, 0.25) is 0 Å². The largest absolute Gasteiger partial charge is 0.493 e. The molecule has 0 aliphatic carbocycles. The summed E-state index contributed by atoms with van der Waals surface area (Å²) in [6.45, 7) is 0.570. The van der Waals surface area contributed by atoms with Crippen molar-refractivity contribution < 1.29 is 24.1 Å². The Morgan fingerprint density at radius 2 is 1.86 bits per heavy atom. The van der Waals surface area contributed by atoms with Crippen molar-refractivity contribution in [2.24, 2.45) is 0 Å². The summed E-state index contributed by atoms with van der Waals surface area (Å²) >= 11 is 0. The molecule has 2 rings (SSSR count). The molecule has 2 aromatic rings. The van der Waals surface area contributed by atoms with Crippen molar-refractivity contribution in [1.82, 2.24) is 4.98 Å². The second-order valence-electron chi connectivity index (χ2n) is 4.06. The summed E-state index contributed by atoms with van der Waals surface area (Å²) < 4.78 is 16.1. The zero-order valence-electron chi connectivity index (χ0n) is 11.5. The third-order valence-electron chi connectivity index (χ3n) is 2.64. The van der Waals surface area contributed by atoms with Crippen LogP contribution in [-0.2, 0) is 0 Å². The molecule has 0 radical (unpaired) electrons. The summed E-state index contributed by atoms with van der Waals surface area (Å²) in [5, 5.41) is 8.85. The molecule has 1 aromatic carbocycles. The zero-order chi connectivity index (χ0) is 15.1. The van der Waals surface area contributed by atoms with Crippen molar-refractivity contribution in [1.29, 1.82) is 0 Å². The van der Waals surface area contributed by atoms with E-state index in [2.05, 4.69) is 4.98 Å². The number of rotatable bonds is 7. The van der Waals surface area contributed by atoms with Gasteiger partial charge in [-0.1, -0.05) is 12.1 Å². The third kappa shape index (κ3) is 4.10. The number of methoxy groups -OCH3 is 1. The van der Waals surface area contributed by atoms with Crippen LogP contribution in [0.15, 0.2) is 42.7 Å². The Morgan fingerprint density at radius 1 is 1.14 bits per heavy atom. The molecule has 0 unspecified atom stereocenters. The first-order valence-electron chi connectivity index (χ1n) is 6.27. The van der Waals surface area contributed by atoms with Gasteiger partial charge in [-0.05, 0) is 18.2 Å². The van der Waals surface area contributed by atoms with E-state index in [4.69, 9.17) is 19.3 Å². The van der Waals surface area contributed by atoms with Crippen LogP contribution in [0.25, 0.3) is 0 Å². The van der Waals surface area contributed by atoms with Gasteiger partial charge in [0, 0.05) is 6.20 Å². The molecule has 6 nitrogen and oxygen atoms in total. The first-order valence-corrected chi connectivity index (χ1v) is 6.27. The van der Waals surface area contributed by atoms with Crippen LogP contribution in [0.4, 0.5) is 0 Å². The lowest BCUT2D eigenvalue weighted by atomic mass is 10.3. The highest BCUT2D eigenvalue weighted by Crippen LogP contribution is 2.25. The number of nitrogens with zero attached hydrogens (tertiary/aromatic N) is 1. The van der Waals surface area contributed by atoms with Crippen LogP contribution in [0.3, 0.4) is 0 Å². The molecule has 0 saturated heterocycles. The molecule has 0 saturated carbocycles. The normalized spacial score (nSPS) is 9.95. The van der Waals surface area contributed by atoms with Crippen LogP contribution >= 0.6 is 0 Å². The van der Waals surface area contributed by atoms with Crippen LogP contribution in [0, 0.1) is 0 Å². The number of carbonyl (C=O) groups is 1. The fourth-order valence-electron chi connectivity index (χ4n) is 1.66. The summed E-state index contributed by atoms with van der Waals surface area (Å²) in [7, 11) is 1.57. The summed E-state index contributed by atoms with van der Waals surface area (Å²) in [4.78, 5) is 14.6. The number of aromatic nitrogens is 1. The topological polar surface area (TPSA) is 77.9 Å². The molecule has 6 heteroatoms. The predicted octanol–water partition coefficient (Wildman–Crippen LogP) is 2.25. The Labute approximate surface area is 121 Å². The van der Waals surface area contributed by atoms with Crippen molar-refractivity contribution in [2.75, 3.05) is 20.3 Å². The van der Waals surface area contributed by atoms with Crippen molar-refractivity contribution in [3.8, 4) is 17.2 Å². The second kappa shape index (κ2) is 7.14. The standard InChI is InChI=1S/C15H15NO5/c1-19-13-4-2-3-5-14(13)21-7-6-20-12-8-11(15(17)18)9-16-10-12/h2-5,8-10H,6-7H2,1H3,(H,17,18). The Hall–Kier alpha value is -2.76. The smallest absolute Gasteiger partial charge is 0.337 e. The number of ether oxygens (including phenoxy) is 3. The van der Waals surface area contributed by atoms with Crippen LogP contribution in [-0.4, -0.2) is 36.4 Å². The van der Waals surface area contributed by atoms with Crippen LogP contribution < -0.4 is 14.2 Å². The molecule has 1 N–H and O–H groups in total. The summed E-state index contributed by atoms with van der Waals surface area (Å²) in [5.41, 5.74) is 0.0816. The van der Waals surface area contributed by atoms with Gasteiger partial charge >= 0.3 is 5.97 Å². The minimum atomic E-state index is -1.04. The van der Waals surface area contributed by atoms with Crippen LogP contribution in [0.2, 0.25) is 0 Å². The van der Waals surface area contributed by atoms with E-state index in [9.17, 15) is 4.79 Å². The summed E-state index contributed by atoms with van der Waals surface area (Å²) in [6.07, 6.45) is 2.72. The van der Waals surface area contributed by atoms with Gasteiger partial charge in [-0.25, -0.2) is 4.79 Å². The van der Waals surface area contributed by atoms with Gasteiger partial charge < -0.3 is 19.3 Å². The number of carboxylic acids is 1. The molecule has 1 aromatic heterocycles. The van der Waals surface area contributed by atoms with E-state index in [1.54, 1.807) is 19.2 Å². The molecule has 0 aliphatic heterocycles. The lowest BCUT2D eigenvalue weighted by Crippen LogP contribution is -2.10. The first kappa shape index (κ1) is 14.6. The molecule has 0 fully saturated rings. The number of benzene rings is 1. The van der Waals surface area contributed by atoms with Gasteiger partial charge in [-0.15, -0.1) is 0 Å².